The number of aromatic carboxylic acids is 1. The normalized spacial score (nSPS) is 18.0. The molecule has 1 aliphatic heterocycles. The van der Waals surface area contributed by atoms with Crippen molar-refractivity contribution in [3.8, 4) is 0 Å². The topological polar surface area (TPSA) is 117 Å². The van der Waals surface area contributed by atoms with Gasteiger partial charge in [0.2, 0.25) is 0 Å². The van der Waals surface area contributed by atoms with Crippen LogP contribution in [0.5, 0.6) is 0 Å². The van der Waals surface area contributed by atoms with Gasteiger partial charge in [-0.1, -0.05) is 0 Å². The van der Waals surface area contributed by atoms with E-state index in [1.54, 1.807) is 0 Å². The number of carboxylic acids is 1. The van der Waals surface area contributed by atoms with Crippen molar-refractivity contribution >= 4 is 17.5 Å². The van der Waals surface area contributed by atoms with Gasteiger partial charge in [-0.2, -0.15) is 0 Å². The number of aliphatic hydroxyl groups is 1. The minimum atomic E-state index is -1.23. The molecule has 1 unspecified atom stereocenters. The maximum Gasteiger partial charge on any atom is 0.339 e. The van der Waals surface area contributed by atoms with Crippen LogP contribution in [0.25, 0.3) is 0 Å². The summed E-state index contributed by atoms with van der Waals surface area (Å²) in [6.45, 7) is 0.755. The smallest absolute Gasteiger partial charge is 0.339 e. The summed E-state index contributed by atoms with van der Waals surface area (Å²) >= 11 is 0. The van der Waals surface area contributed by atoms with E-state index in [9.17, 15) is 20.0 Å². The van der Waals surface area contributed by atoms with E-state index in [0.29, 0.717) is 13.0 Å². The molecule has 0 amide bonds. The van der Waals surface area contributed by atoms with Gasteiger partial charge in [-0.25, -0.2) is 9.78 Å². The minimum absolute atomic E-state index is 0.0871. The summed E-state index contributed by atoms with van der Waals surface area (Å²) in [5.74, 6) is -0.956. The molecule has 21 heavy (non-hydrogen) atoms. The zero-order valence-electron chi connectivity index (χ0n) is 11.4. The third-order valence-electron chi connectivity index (χ3n) is 3.64. The summed E-state index contributed by atoms with van der Waals surface area (Å²) in [5, 5.41) is 28.9. The number of carbonyl (C=O) groups is 1. The van der Waals surface area contributed by atoms with Crippen molar-refractivity contribution in [1.29, 1.82) is 0 Å². The van der Waals surface area contributed by atoms with Crippen LogP contribution in [-0.4, -0.2) is 45.3 Å². The summed E-state index contributed by atoms with van der Waals surface area (Å²) in [6.07, 6.45) is 4.28. The molecule has 8 nitrogen and oxygen atoms in total. The maximum atomic E-state index is 11.3. The van der Waals surface area contributed by atoms with E-state index >= 15 is 0 Å². The third kappa shape index (κ3) is 3.27. The summed E-state index contributed by atoms with van der Waals surface area (Å²) in [7, 11) is 0. The number of nitro groups is 1. The number of nitrogens with zero attached hydrogens (tertiary/aromatic N) is 3. The Kier molecular flexibility index (Phi) is 4.69. The highest BCUT2D eigenvalue weighted by Crippen LogP contribution is 2.30. The Hall–Kier alpha value is -2.22. The predicted octanol–water partition coefficient (Wildman–Crippen LogP) is 1.43. The number of aliphatic hydroxyl groups excluding tert-OH is 1. The lowest BCUT2D eigenvalue weighted by molar-refractivity contribution is -0.385. The highest BCUT2D eigenvalue weighted by Gasteiger charge is 2.29. The molecule has 1 aromatic heterocycles. The molecule has 1 saturated heterocycles. The molecule has 0 aromatic carbocycles. The van der Waals surface area contributed by atoms with Crippen LogP contribution < -0.4 is 4.90 Å². The van der Waals surface area contributed by atoms with E-state index in [-0.39, 0.29) is 29.7 Å². The van der Waals surface area contributed by atoms with E-state index in [2.05, 4.69) is 4.98 Å². The van der Waals surface area contributed by atoms with Crippen molar-refractivity contribution in [3.05, 3.63) is 27.9 Å². The van der Waals surface area contributed by atoms with Crippen LogP contribution in [0.4, 0.5) is 11.5 Å². The second kappa shape index (κ2) is 6.49. The molecule has 8 heteroatoms. The second-order valence-corrected chi connectivity index (χ2v) is 4.98. The molecule has 0 radical (unpaired) electrons. The molecule has 1 aromatic rings. The average Bonchev–Trinajstić information content (AvgIpc) is 2.92. The molecular formula is C13H17N3O5. The van der Waals surface area contributed by atoms with Crippen molar-refractivity contribution in [2.24, 2.45) is 0 Å². The average molecular weight is 295 g/mol. The molecule has 0 aliphatic carbocycles. The van der Waals surface area contributed by atoms with Gasteiger partial charge in [0.1, 0.15) is 17.6 Å². The Balaban J connectivity index is 2.33. The molecule has 0 spiro atoms. The van der Waals surface area contributed by atoms with Crippen LogP contribution in [-0.2, 0) is 0 Å². The molecule has 2 rings (SSSR count). The van der Waals surface area contributed by atoms with Gasteiger partial charge in [0.05, 0.1) is 4.92 Å². The van der Waals surface area contributed by atoms with E-state index in [4.69, 9.17) is 5.11 Å². The molecule has 1 aliphatic rings. The second-order valence-electron chi connectivity index (χ2n) is 4.98. The first kappa shape index (κ1) is 15.2. The van der Waals surface area contributed by atoms with Crippen LogP contribution in [0.3, 0.4) is 0 Å². The monoisotopic (exact) mass is 295 g/mol. The lowest BCUT2D eigenvalue weighted by atomic mass is 10.1. The van der Waals surface area contributed by atoms with E-state index in [0.717, 1.165) is 31.5 Å². The molecule has 1 atom stereocenters. The van der Waals surface area contributed by atoms with Gasteiger partial charge in [-0.05, 0) is 25.7 Å². The minimum Gasteiger partial charge on any atom is -0.478 e. The van der Waals surface area contributed by atoms with Crippen LogP contribution in [0, 0.1) is 10.1 Å². The molecular weight excluding hydrogens is 278 g/mol. The quantitative estimate of drug-likeness (QED) is 0.602. The molecule has 1 fully saturated rings. The number of carboxylic acid groups (broad SMARTS) is 1. The number of aromatic nitrogens is 1. The van der Waals surface area contributed by atoms with E-state index < -0.39 is 10.9 Å². The van der Waals surface area contributed by atoms with Crippen molar-refractivity contribution < 1.29 is 19.9 Å². The number of hydrogen-bond donors (Lipinski definition) is 2. The van der Waals surface area contributed by atoms with Crippen molar-refractivity contribution in [1.82, 2.24) is 4.98 Å². The Bertz CT molecular complexity index is 549. The van der Waals surface area contributed by atoms with Gasteiger partial charge in [0.15, 0.2) is 0 Å². The number of anilines is 1. The molecule has 0 bridgehead atoms. The standard InChI is InChI=1S/C13H17N3O5/c17-6-2-4-9-3-1-5-15(9)12-11(13(18)19)7-10(8-14-12)16(20)21/h7-9,17H,1-6H2,(H,18,19). The highest BCUT2D eigenvalue weighted by molar-refractivity contribution is 5.94. The summed E-state index contributed by atoms with van der Waals surface area (Å²) < 4.78 is 0. The van der Waals surface area contributed by atoms with Crippen LogP contribution >= 0.6 is 0 Å². The SMILES string of the molecule is O=C(O)c1cc([N+](=O)[O-])cnc1N1CCCC1CCCO. The number of pyridine rings is 1. The number of rotatable bonds is 6. The Morgan fingerprint density at radius 2 is 2.33 bits per heavy atom. The first-order chi connectivity index (χ1) is 10.0. The first-order valence-electron chi connectivity index (χ1n) is 6.80. The Morgan fingerprint density at radius 3 is 2.95 bits per heavy atom. The van der Waals surface area contributed by atoms with E-state index in [1.165, 1.54) is 0 Å². The summed E-state index contributed by atoms with van der Waals surface area (Å²) in [5.41, 5.74) is -0.484. The molecule has 2 heterocycles. The molecule has 2 N–H and O–H groups in total. The van der Waals surface area contributed by atoms with Gasteiger partial charge in [0.25, 0.3) is 5.69 Å². The lowest BCUT2D eigenvalue weighted by Crippen LogP contribution is -2.31. The van der Waals surface area contributed by atoms with Gasteiger partial charge < -0.3 is 15.1 Å². The highest BCUT2D eigenvalue weighted by atomic mass is 16.6. The Labute approximate surface area is 121 Å². The molecule has 0 saturated carbocycles. The zero-order valence-corrected chi connectivity index (χ0v) is 11.4. The van der Waals surface area contributed by atoms with Crippen molar-refractivity contribution in [2.45, 2.75) is 31.7 Å². The molecule has 114 valence electrons. The lowest BCUT2D eigenvalue weighted by Gasteiger charge is -2.26. The van der Waals surface area contributed by atoms with Gasteiger partial charge in [0, 0.05) is 25.3 Å². The van der Waals surface area contributed by atoms with Crippen LogP contribution in [0.2, 0.25) is 0 Å². The van der Waals surface area contributed by atoms with Gasteiger partial charge in [-0.15, -0.1) is 0 Å². The number of hydrogen-bond acceptors (Lipinski definition) is 6. The van der Waals surface area contributed by atoms with Crippen LogP contribution in [0.15, 0.2) is 12.3 Å². The maximum absolute atomic E-state index is 11.3. The van der Waals surface area contributed by atoms with Crippen LogP contribution in [0.1, 0.15) is 36.0 Å². The summed E-state index contributed by atoms with van der Waals surface area (Å²) in [6, 6.07) is 1.16. The van der Waals surface area contributed by atoms with Gasteiger partial charge in [-0.3, -0.25) is 10.1 Å². The first-order valence-corrected chi connectivity index (χ1v) is 6.80. The van der Waals surface area contributed by atoms with Gasteiger partial charge >= 0.3 is 5.97 Å². The van der Waals surface area contributed by atoms with Crippen molar-refractivity contribution in [2.75, 3.05) is 18.1 Å². The summed E-state index contributed by atoms with van der Waals surface area (Å²) in [4.78, 5) is 27.3. The fourth-order valence-electron chi connectivity index (χ4n) is 2.67. The van der Waals surface area contributed by atoms with Crippen molar-refractivity contribution in [3.63, 3.8) is 0 Å². The Morgan fingerprint density at radius 1 is 1.57 bits per heavy atom. The fraction of sp³-hybridized carbons (Fsp3) is 0.538. The van der Waals surface area contributed by atoms with E-state index in [1.807, 2.05) is 4.90 Å². The largest absolute Gasteiger partial charge is 0.478 e. The predicted molar refractivity (Wildman–Crippen MR) is 74.5 cm³/mol. The fourth-order valence-corrected chi connectivity index (χ4v) is 2.67. The third-order valence-corrected chi connectivity index (χ3v) is 3.64. The zero-order chi connectivity index (χ0) is 15.4.